The van der Waals surface area contributed by atoms with Crippen LogP contribution in [0.3, 0.4) is 0 Å². The molecular weight excluding hydrogens is 298 g/mol. The van der Waals surface area contributed by atoms with Crippen LogP contribution in [0.1, 0.15) is 31.0 Å². The molecule has 0 bridgehead atoms. The average Bonchev–Trinajstić information content (AvgIpc) is 2.80. The minimum absolute atomic E-state index is 0.0892. The molecule has 108 valence electrons. The summed E-state index contributed by atoms with van der Waals surface area (Å²) in [5, 5.41) is 6.36. The van der Waals surface area contributed by atoms with Gasteiger partial charge in [-0.25, -0.2) is 9.07 Å². The van der Waals surface area contributed by atoms with E-state index in [0.29, 0.717) is 6.20 Å². The van der Waals surface area contributed by atoms with Crippen molar-refractivity contribution in [3.8, 4) is 5.69 Å². The zero-order valence-electron chi connectivity index (χ0n) is 10.5. The molecular formula is C12H10ClF4N3. The topological polar surface area (TPSA) is 30.7 Å². The summed E-state index contributed by atoms with van der Waals surface area (Å²) >= 11 is 5.69. The highest BCUT2D eigenvalue weighted by Crippen LogP contribution is 2.32. The molecule has 0 aliphatic heterocycles. The lowest BCUT2D eigenvalue weighted by Gasteiger charge is -2.14. The highest BCUT2D eigenvalue weighted by Gasteiger charge is 2.35. The average molecular weight is 308 g/mol. The largest absolute Gasteiger partial charge is 0.436 e. The Balaban J connectivity index is 2.59. The van der Waals surface area contributed by atoms with Gasteiger partial charge in [-0.15, -0.1) is 5.10 Å². The predicted octanol–water partition coefficient (Wildman–Crippen LogP) is 4.20. The van der Waals surface area contributed by atoms with Gasteiger partial charge in [0.2, 0.25) is 0 Å². The first kappa shape index (κ1) is 14.8. The predicted molar refractivity (Wildman–Crippen MR) is 65.4 cm³/mol. The Kier molecular flexibility index (Phi) is 3.73. The minimum atomic E-state index is -4.60. The molecule has 1 heterocycles. The number of halogens is 5. The third-order valence-corrected chi connectivity index (χ3v) is 3.01. The molecule has 0 unspecified atom stereocenters. The monoisotopic (exact) mass is 307 g/mol. The zero-order valence-corrected chi connectivity index (χ0v) is 11.3. The van der Waals surface area contributed by atoms with Crippen LogP contribution in [0.4, 0.5) is 17.6 Å². The van der Waals surface area contributed by atoms with Crippen molar-refractivity contribution in [3.05, 3.63) is 40.4 Å². The van der Waals surface area contributed by atoms with Crippen LogP contribution in [0.15, 0.2) is 18.3 Å². The first-order chi connectivity index (χ1) is 9.21. The summed E-state index contributed by atoms with van der Waals surface area (Å²) in [6.07, 6.45) is -3.88. The van der Waals surface area contributed by atoms with Crippen molar-refractivity contribution < 1.29 is 17.6 Å². The molecule has 0 fully saturated rings. The molecule has 0 atom stereocenters. The molecule has 2 aromatic rings. The first-order valence-electron chi connectivity index (χ1n) is 5.69. The van der Waals surface area contributed by atoms with Crippen molar-refractivity contribution in [1.29, 1.82) is 0 Å². The molecule has 1 aromatic heterocycles. The van der Waals surface area contributed by atoms with Crippen molar-refractivity contribution in [2.24, 2.45) is 0 Å². The zero-order chi connectivity index (χ0) is 15.1. The van der Waals surface area contributed by atoms with Gasteiger partial charge in [-0.05, 0) is 18.1 Å². The maximum atomic E-state index is 14.0. The second-order valence-electron chi connectivity index (χ2n) is 4.49. The number of hydrogen-bond acceptors (Lipinski definition) is 2. The summed E-state index contributed by atoms with van der Waals surface area (Å²) in [7, 11) is 0. The number of aromatic nitrogens is 3. The number of rotatable bonds is 2. The smallest absolute Gasteiger partial charge is 0.220 e. The van der Waals surface area contributed by atoms with Crippen LogP contribution < -0.4 is 0 Å². The van der Waals surface area contributed by atoms with E-state index in [-0.39, 0.29) is 22.2 Å². The number of alkyl halides is 3. The Morgan fingerprint density at radius 3 is 2.40 bits per heavy atom. The van der Waals surface area contributed by atoms with E-state index in [9.17, 15) is 17.6 Å². The van der Waals surface area contributed by atoms with Gasteiger partial charge in [0.25, 0.3) is 0 Å². The van der Waals surface area contributed by atoms with E-state index in [1.807, 2.05) is 0 Å². The summed E-state index contributed by atoms with van der Waals surface area (Å²) < 4.78 is 52.4. The van der Waals surface area contributed by atoms with Gasteiger partial charge >= 0.3 is 6.18 Å². The van der Waals surface area contributed by atoms with Crippen molar-refractivity contribution in [2.45, 2.75) is 25.9 Å². The van der Waals surface area contributed by atoms with Crippen LogP contribution in [0.2, 0.25) is 5.02 Å². The van der Waals surface area contributed by atoms with E-state index in [1.54, 1.807) is 13.8 Å². The van der Waals surface area contributed by atoms with Crippen molar-refractivity contribution in [3.63, 3.8) is 0 Å². The molecule has 0 amide bonds. The van der Waals surface area contributed by atoms with Gasteiger partial charge in [-0.2, -0.15) is 13.2 Å². The minimum Gasteiger partial charge on any atom is -0.220 e. The van der Waals surface area contributed by atoms with Crippen LogP contribution in [-0.2, 0) is 6.18 Å². The van der Waals surface area contributed by atoms with Crippen molar-refractivity contribution >= 4 is 11.6 Å². The molecule has 0 radical (unpaired) electrons. The molecule has 0 saturated heterocycles. The van der Waals surface area contributed by atoms with E-state index >= 15 is 0 Å². The number of hydrogen-bond donors (Lipinski definition) is 0. The summed E-state index contributed by atoms with van der Waals surface area (Å²) in [6, 6.07) is 2.68. The van der Waals surface area contributed by atoms with Crippen LogP contribution in [0, 0.1) is 5.82 Å². The summed E-state index contributed by atoms with van der Waals surface area (Å²) in [6.45, 7) is 3.42. The molecule has 0 aliphatic carbocycles. The van der Waals surface area contributed by atoms with Crippen LogP contribution in [-0.4, -0.2) is 15.0 Å². The highest BCUT2D eigenvalue weighted by atomic mass is 35.5. The second-order valence-corrected chi connectivity index (χ2v) is 4.90. The Bertz CT molecular complexity index is 634. The Hall–Kier alpha value is -1.63. The molecule has 1 aromatic carbocycles. The lowest BCUT2D eigenvalue weighted by Crippen LogP contribution is -2.06. The van der Waals surface area contributed by atoms with E-state index in [1.165, 1.54) is 12.1 Å². The molecule has 20 heavy (non-hydrogen) atoms. The third kappa shape index (κ3) is 2.63. The first-order valence-corrected chi connectivity index (χ1v) is 6.07. The van der Waals surface area contributed by atoms with E-state index in [2.05, 4.69) is 10.3 Å². The fourth-order valence-electron chi connectivity index (χ4n) is 1.82. The lowest BCUT2D eigenvalue weighted by molar-refractivity contribution is -0.141. The van der Waals surface area contributed by atoms with Crippen molar-refractivity contribution in [2.75, 3.05) is 0 Å². The SMILES string of the molecule is CC(C)c1c(-n2cc(C(F)(F)F)nn2)ccc(Cl)c1F. The van der Waals surface area contributed by atoms with Gasteiger partial charge < -0.3 is 0 Å². The standard InChI is InChI=1S/C12H10ClF4N3/c1-6(2)10-8(4-3-7(13)11(10)14)20-5-9(18-19-20)12(15,16)17/h3-6H,1-2H3. The van der Waals surface area contributed by atoms with Crippen LogP contribution in [0.25, 0.3) is 5.69 Å². The second kappa shape index (κ2) is 5.05. The van der Waals surface area contributed by atoms with Crippen LogP contribution in [0.5, 0.6) is 0 Å². The molecule has 3 nitrogen and oxygen atoms in total. The third-order valence-electron chi connectivity index (χ3n) is 2.72. The number of nitrogens with zero attached hydrogens (tertiary/aromatic N) is 3. The van der Waals surface area contributed by atoms with Crippen LogP contribution >= 0.6 is 11.6 Å². The maximum absolute atomic E-state index is 14.0. The van der Waals surface area contributed by atoms with Gasteiger partial charge in [-0.3, -0.25) is 0 Å². The Labute approximate surface area is 117 Å². The quantitative estimate of drug-likeness (QED) is 0.778. The lowest BCUT2D eigenvalue weighted by atomic mass is 10.0. The summed E-state index contributed by atoms with van der Waals surface area (Å²) in [5.41, 5.74) is -0.761. The molecule has 0 N–H and O–H groups in total. The maximum Gasteiger partial charge on any atom is 0.436 e. The molecule has 0 spiro atoms. The summed E-state index contributed by atoms with van der Waals surface area (Å²) in [5.74, 6) is -0.939. The van der Waals surface area contributed by atoms with Gasteiger partial charge in [0.15, 0.2) is 5.69 Å². The fraction of sp³-hybridized carbons (Fsp3) is 0.333. The van der Waals surface area contributed by atoms with Gasteiger partial charge in [-0.1, -0.05) is 30.7 Å². The Morgan fingerprint density at radius 2 is 1.90 bits per heavy atom. The fourth-order valence-corrected chi connectivity index (χ4v) is 1.98. The Morgan fingerprint density at radius 1 is 1.25 bits per heavy atom. The van der Waals surface area contributed by atoms with Gasteiger partial charge in [0.1, 0.15) is 5.82 Å². The molecule has 0 saturated carbocycles. The van der Waals surface area contributed by atoms with Crippen molar-refractivity contribution in [1.82, 2.24) is 15.0 Å². The van der Waals surface area contributed by atoms with E-state index < -0.39 is 17.7 Å². The number of benzene rings is 1. The highest BCUT2D eigenvalue weighted by molar-refractivity contribution is 6.30. The molecule has 2 rings (SSSR count). The van der Waals surface area contributed by atoms with Gasteiger partial charge in [0, 0.05) is 5.56 Å². The molecule has 8 heteroatoms. The van der Waals surface area contributed by atoms with Gasteiger partial charge in [0.05, 0.1) is 16.9 Å². The van der Waals surface area contributed by atoms with E-state index in [0.717, 1.165) is 4.68 Å². The summed E-state index contributed by atoms with van der Waals surface area (Å²) in [4.78, 5) is 0. The molecule has 0 aliphatic rings. The normalized spacial score (nSPS) is 12.2. The van der Waals surface area contributed by atoms with E-state index in [4.69, 9.17) is 11.6 Å².